The average molecular weight is 276 g/mol. The number of benzene rings is 1. The Bertz CT molecular complexity index is 648. The molecule has 1 aromatic heterocycles. The second-order valence-electron chi connectivity index (χ2n) is 4.48. The molecule has 0 saturated heterocycles. The number of carbonyl (C=O) groups is 2. The number of carboxylic acids is 1. The van der Waals surface area contributed by atoms with Crippen molar-refractivity contribution in [2.75, 3.05) is 13.7 Å². The maximum absolute atomic E-state index is 11.4. The Morgan fingerprint density at radius 1 is 1.45 bits per heavy atom. The fraction of sp³-hybridized carbons (Fsp3) is 0.286. The molecule has 0 bridgehead atoms. The smallest absolute Gasteiger partial charge is 0.312 e. The summed E-state index contributed by atoms with van der Waals surface area (Å²) in [7, 11) is 1.56. The van der Waals surface area contributed by atoms with Crippen molar-refractivity contribution in [3.63, 3.8) is 0 Å². The molecule has 1 aromatic carbocycles. The quantitative estimate of drug-likeness (QED) is 0.771. The number of hydrogen-bond acceptors (Lipinski definition) is 3. The molecule has 6 heteroatoms. The minimum Gasteiger partial charge on any atom is -0.497 e. The molecule has 1 heterocycles. The van der Waals surface area contributed by atoms with Crippen molar-refractivity contribution in [3.05, 3.63) is 30.0 Å². The molecule has 0 aliphatic carbocycles. The van der Waals surface area contributed by atoms with E-state index in [1.54, 1.807) is 25.4 Å². The van der Waals surface area contributed by atoms with Crippen molar-refractivity contribution in [2.45, 2.75) is 12.8 Å². The number of amides is 1. The first kappa shape index (κ1) is 13.9. The van der Waals surface area contributed by atoms with Crippen LogP contribution < -0.4 is 10.1 Å². The van der Waals surface area contributed by atoms with Crippen LogP contribution in [0.2, 0.25) is 0 Å². The highest BCUT2D eigenvalue weighted by atomic mass is 16.5. The third-order valence-corrected chi connectivity index (χ3v) is 3.15. The molecule has 6 nitrogen and oxygen atoms in total. The van der Waals surface area contributed by atoms with Gasteiger partial charge in [0.2, 0.25) is 5.91 Å². The van der Waals surface area contributed by atoms with E-state index in [0.717, 1.165) is 10.9 Å². The lowest BCUT2D eigenvalue weighted by molar-refractivity contribution is -0.138. The fourth-order valence-corrected chi connectivity index (χ4v) is 2.11. The van der Waals surface area contributed by atoms with E-state index < -0.39 is 11.9 Å². The molecule has 1 unspecified atom stereocenters. The molecule has 0 radical (unpaired) electrons. The molecule has 0 aliphatic rings. The van der Waals surface area contributed by atoms with Gasteiger partial charge in [-0.3, -0.25) is 9.59 Å². The van der Waals surface area contributed by atoms with E-state index in [-0.39, 0.29) is 12.5 Å². The van der Waals surface area contributed by atoms with Gasteiger partial charge in [0.15, 0.2) is 0 Å². The summed E-state index contributed by atoms with van der Waals surface area (Å²) in [6, 6.07) is 5.41. The topological polar surface area (TPSA) is 91.4 Å². The van der Waals surface area contributed by atoms with Gasteiger partial charge in [-0.2, -0.15) is 0 Å². The van der Waals surface area contributed by atoms with Crippen molar-refractivity contribution in [1.29, 1.82) is 0 Å². The van der Waals surface area contributed by atoms with E-state index in [4.69, 9.17) is 4.74 Å². The molecule has 0 spiro atoms. The molecular formula is C14H16N2O4. The van der Waals surface area contributed by atoms with Gasteiger partial charge in [0.05, 0.1) is 7.11 Å². The lowest BCUT2D eigenvalue weighted by atomic mass is 9.98. The highest BCUT2D eigenvalue weighted by Crippen LogP contribution is 2.28. The Labute approximate surface area is 115 Å². The summed E-state index contributed by atoms with van der Waals surface area (Å²) < 4.78 is 5.15. The zero-order chi connectivity index (χ0) is 14.7. The number of aromatic amines is 1. The van der Waals surface area contributed by atoms with Gasteiger partial charge in [0.25, 0.3) is 0 Å². The number of ether oxygens (including phenoxy) is 1. The van der Waals surface area contributed by atoms with E-state index in [0.29, 0.717) is 11.3 Å². The molecule has 1 amide bonds. The number of methoxy groups -OCH3 is 1. The van der Waals surface area contributed by atoms with E-state index in [1.165, 1.54) is 6.92 Å². The number of nitrogens with one attached hydrogen (secondary N) is 2. The summed E-state index contributed by atoms with van der Waals surface area (Å²) >= 11 is 0. The predicted molar refractivity (Wildman–Crippen MR) is 73.9 cm³/mol. The fourth-order valence-electron chi connectivity index (χ4n) is 2.11. The zero-order valence-corrected chi connectivity index (χ0v) is 11.3. The normalized spacial score (nSPS) is 12.1. The largest absolute Gasteiger partial charge is 0.497 e. The number of carboxylic acid groups (broad SMARTS) is 1. The molecule has 20 heavy (non-hydrogen) atoms. The van der Waals surface area contributed by atoms with Crippen LogP contribution in [0.1, 0.15) is 18.4 Å². The number of fused-ring (bicyclic) bond motifs is 1. The van der Waals surface area contributed by atoms with Crippen LogP contribution >= 0.6 is 0 Å². The second kappa shape index (κ2) is 5.64. The van der Waals surface area contributed by atoms with Gasteiger partial charge in [0, 0.05) is 30.6 Å². The molecule has 106 valence electrons. The predicted octanol–water partition coefficient (Wildman–Crippen LogP) is 1.48. The van der Waals surface area contributed by atoms with Crippen LogP contribution in [-0.2, 0) is 9.59 Å². The van der Waals surface area contributed by atoms with Crippen molar-refractivity contribution < 1.29 is 19.4 Å². The van der Waals surface area contributed by atoms with Gasteiger partial charge in [-0.15, -0.1) is 0 Å². The number of hydrogen-bond donors (Lipinski definition) is 3. The molecular weight excluding hydrogens is 260 g/mol. The Hall–Kier alpha value is -2.50. The highest BCUT2D eigenvalue weighted by molar-refractivity contribution is 5.90. The number of H-pyrrole nitrogens is 1. The van der Waals surface area contributed by atoms with Crippen LogP contribution in [0.15, 0.2) is 24.4 Å². The lowest BCUT2D eigenvalue weighted by Crippen LogP contribution is -2.29. The summed E-state index contributed by atoms with van der Waals surface area (Å²) in [5.74, 6) is -1.39. The number of carbonyl (C=O) groups excluding carboxylic acids is 1. The highest BCUT2D eigenvalue weighted by Gasteiger charge is 2.23. The molecule has 1 atom stereocenters. The average Bonchev–Trinajstić information content (AvgIpc) is 2.81. The third-order valence-electron chi connectivity index (χ3n) is 3.15. The van der Waals surface area contributed by atoms with E-state index in [1.807, 2.05) is 6.07 Å². The Kier molecular flexibility index (Phi) is 3.93. The molecule has 2 rings (SSSR count). The van der Waals surface area contributed by atoms with Crippen molar-refractivity contribution in [3.8, 4) is 5.75 Å². The maximum Gasteiger partial charge on any atom is 0.312 e. The zero-order valence-electron chi connectivity index (χ0n) is 11.3. The van der Waals surface area contributed by atoms with Crippen LogP contribution in [0.4, 0.5) is 0 Å². The van der Waals surface area contributed by atoms with Crippen LogP contribution in [0.3, 0.4) is 0 Å². The lowest BCUT2D eigenvalue weighted by Gasteiger charge is -2.12. The summed E-state index contributed by atoms with van der Waals surface area (Å²) in [5, 5.41) is 12.7. The summed E-state index contributed by atoms with van der Waals surface area (Å²) in [4.78, 5) is 25.4. The number of rotatable bonds is 5. The van der Waals surface area contributed by atoms with Gasteiger partial charge < -0.3 is 20.1 Å². The SMILES string of the molecule is COc1ccc2[nH]cc(C(CNC(C)=O)C(=O)O)c2c1. The monoisotopic (exact) mass is 276 g/mol. The minimum atomic E-state index is -0.984. The van der Waals surface area contributed by atoms with Gasteiger partial charge >= 0.3 is 5.97 Å². The Balaban J connectivity index is 2.42. The van der Waals surface area contributed by atoms with Crippen LogP contribution in [0.25, 0.3) is 10.9 Å². The van der Waals surface area contributed by atoms with Crippen LogP contribution in [0, 0.1) is 0 Å². The van der Waals surface area contributed by atoms with Gasteiger partial charge in [0.1, 0.15) is 11.7 Å². The Morgan fingerprint density at radius 2 is 2.20 bits per heavy atom. The first-order valence-corrected chi connectivity index (χ1v) is 6.15. The maximum atomic E-state index is 11.4. The molecule has 0 aliphatic heterocycles. The molecule has 2 aromatic rings. The van der Waals surface area contributed by atoms with Crippen molar-refractivity contribution >= 4 is 22.8 Å². The van der Waals surface area contributed by atoms with Crippen LogP contribution in [-0.4, -0.2) is 35.6 Å². The first-order chi connectivity index (χ1) is 9.52. The Morgan fingerprint density at radius 3 is 2.80 bits per heavy atom. The number of aromatic nitrogens is 1. The van der Waals surface area contributed by atoms with Gasteiger partial charge in [-0.05, 0) is 23.8 Å². The molecule has 0 fully saturated rings. The second-order valence-corrected chi connectivity index (χ2v) is 4.48. The summed E-state index contributed by atoms with van der Waals surface area (Å²) in [6.45, 7) is 1.41. The van der Waals surface area contributed by atoms with E-state index in [9.17, 15) is 14.7 Å². The third kappa shape index (κ3) is 2.74. The molecule has 0 saturated carbocycles. The molecule has 3 N–H and O–H groups in total. The number of aliphatic carboxylic acids is 1. The standard InChI is InChI=1S/C14H16N2O4/c1-8(17)15-7-12(14(18)19)11-6-16-13-4-3-9(20-2)5-10(11)13/h3-6,12,16H,7H2,1-2H3,(H,15,17)(H,18,19). The van der Waals surface area contributed by atoms with Crippen LogP contribution in [0.5, 0.6) is 5.75 Å². The van der Waals surface area contributed by atoms with E-state index >= 15 is 0 Å². The minimum absolute atomic E-state index is 0.0504. The van der Waals surface area contributed by atoms with Gasteiger partial charge in [-0.1, -0.05) is 0 Å². The van der Waals surface area contributed by atoms with E-state index in [2.05, 4.69) is 10.3 Å². The van der Waals surface area contributed by atoms with Crippen molar-refractivity contribution in [1.82, 2.24) is 10.3 Å². The van der Waals surface area contributed by atoms with Gasteiger partial charge in [-0.25, -0.2) is 0 Å². The summed E-state index contributed by atoms with van der Waals surface area (Å²) in [5.41, 5.74) is 1.45. The first-order valence-electron chi connectivity index (χ1n) is 6.15. The summed E-state index contributed by atoms with van der Waals surface area (Å²) in [6.07, 6.45) is 1.66. The van der Waals surface area contributed by atoms with Crippen molar-refractivity contribution in [2.24, 2.45) is 0 Å².